The number of Topliss-reactive ketones (excluding diaryl/α,β-unsaturated/α-hetero) is 1. The molecule has 0 aliphatic rings. The summed E-state index contributed by atoms with van der Waals surface area (Å²) >= 11 is 3.32. The van der Waals surface area contributed by atoms with Crippen molar-refractivity contribution in [2.45, 2.75) is 33.1 Å². The highest BCUT2D eigenvalue weighted by Crippen LogP contribution is 2.19. The molecule has 3 heteroatoms. The van der Waals surface area contributed by atoms with Gasteiger partial charge in [0.25, 0.3) is 0 Å². The zero-order valence-electron chi connectivity index (χ0n) is 9.59. The first-order chi connectivity index (χ1) is 7.49. The molecule has 0 bridgehead atoms. The summed E-state index contributed by atoms with van der Waals surface area (Å²) in [5, 5.41) is 0. The molecule has 1 aromatic carbocycles. The molecule has 1 nitrogen and oxygen atoms in total. The number of benzene rings is 1. The molecule has 0 saturated carbocycles. The van der Waals surface area contributed by atoms with E-state index in [1.807, 2.05) is 0 Å². The van der Waals surface area contributed by atoms with Gasteiger partial charge in [-0.05, 0) is 36.1 Å². The van der Waals surface area contributed by atoms with Crippen LogP contribution in [-0.2, 0) is 11.2 Å². The van der Waals surface area contributed by atoms with E-state index >= 15 is 0 Å². The van der Waals surface area contributed by atoms with Gasteiger partial charge in [0.05, 0.1) is 0 Å². The van der Waals surface area contributed by atoms with Crippen LogP contribution in [-0.4, -0.2) is 5.78 Å². The number of ketones is 1. The van der Waals surface area contributed by atoms with Gasteiger partial charge in [0.1, 0.15) is 11.6 Å². The van der Waals surface area contributed by atoms with Gasteiger partial charge in [-0.15, -0.1) is 0 Å². The summed E-state index contributed by atoms with van der Waals surface area (Å²) in [5.41, 5.74) is 0.730. The average molecular weight is 287 g/mol. The van der Waals surface area contributed by atoms with E-state index in [-0.39, 0.29) is 11.6 Å². The molecular weight excluding hydrogens is 271 g/mol. The molecule has 0 amide bonds. The first kappa shape index (κ1) is 13.4. The third-order valence-corrected chi connectivity index (χ3v) is 3.17. The Bertz CT molecular complexity index is 374. The first-order valence-corrected chi connectivity index (χ1v) is 6.24. The number of carbonyl (C=O) groups is 1. The van der Waals surface area contributed by atoms with E-state index in [0.29, 0.717) is 18.8 Å². The van der Waals surface area contributed by atoms with E-state index in [1.165, 1.54) is 12.1 Å². The predicted octanol–water partition coefficient (Wildman–Crippen LogP) is 4.14. The summed E-state index contributed by atoms with van der Waals surface area (Å²) in [6.07, 6.45) is 1.78. The fraction of sp³-hybridized carbons (Fsp3) is 0.462. The van der Waals surface area contributed by atoms with E-state index in [4.69, 9.17) is 0 Å². The van der Waals surface area contributed by atoms with Crippen molar-refractivity contribution < 1.29 is 9.18 Å². The summed E-state index contributed by atoms with van der Waals surface area (Å²) in [5.74, 6) is 0.398. The van der Waals surface area contributed by atoms with Gasteiger partial charge < -0.3 is 0 Å². The second kappa shape index (κ2) is 6.14. The Morgan fingerprint density at radius 1 is 1.44 bits per heavy atom. The molecule has 0 fully saturated rings. The summed E-state index contributed by atoms with van der Waals surface area (Å²) in [6, 6.07) is 4.43. The Kier molecular flexibility index (Phi) is 5.13. The van der Waals surface area contributed by atoms with Crippen molar-refractivity contribution in [2.24, 2.45) is 5.92 Å². The number of halogens is 2. The Labute approximate surface area is 104 Å². The molecule has 1 rings (SSSR count). The minimum absolute atomic E-state index is 0.167. The molecule has 88 valence electrons. The molecule has 0 N–H and O–H groups in total. The van der Waals surface area contributed by atoms with Crippen LogP contribution in [0.4, 0.5) is 4.39 Å². The molecule has 0 aliphatic carbocycles. The molecule has 0 atom stereocenters. The molecular formula is C13H16BrFO. The quantitative estimate of drug-likeness (QED) is 0.795. The first-order valence-electron chi connectivity index (χ1n) is 5.44. The molecule has 0 saturated heterocycles. The van der Waals surface area contributed by atoms with Crippen LogP contribution in [0, 0.1) is 11.7 Å². The van der Waals surface area contributed by atoms with Gasteiger partial charge in [-0.3, -0.25) is 4.79 Å². The van der Waals surface area contributed by atoms with Crippen molar-refractivity contribution in [3.63, 3.8) is 0 Å². The Hall–Kier alpha value is -0.700. The van der Waals surface area contributed by atoms with Crippen LogP contribution >= 0.6 is 15.9 Å². The van der Waals surface area contributed by atoms with Gasteiger partial charge in [-0.2, -0.15) is 0 Å². The minimum atomic E-state index is -0.296. The highest BCUT2D eigenvalue weighted by atomic mass is 79.9. The third-order valence-electron chi connectivity index (χ3n) is 2.40. The Balaban J connectivity index is 2.59. The van der Waals surface area contributed by atoms with Gasteiger partial charge in [0.2, 0.25) is 0 Å². The fourth-order valence-corrected chi connectivity index (χ4v) is 1.82. The average Bonchev–Trinajstić information content (AvgIpc) is 2.20. The summed E-state index contributed by atoms with van der Waals surface area (Å²) in [7, 11) is 0. The van der Waals surface area contributed by atoms with Crippen LogP contribution < -0.4 is 0 Å². The molecule has 0 aliphatic heterocycles. The third kappa shape index (κ3) is 4.44. The number of rotatable bonds is 5. The van der Waals surface area contributed by atoms with Gasteiger partial charge in [0, 0.05) is 17.3 Å². The van der Waals surface area contributed by atoms with Crippen LogP contribution in [0.15, 0.2) is 22.7 Å². The van der Waals surface area contributed by atoms with Crippen LogP contribution in [0.2, 0.25) is 0 Å². The monoisotopic (exact) mass is 286 g/mol. The molecule has 0 spiro atoms. The van der Waals surface area contributed by atoms with Gasteiger partial charge in [-0.1, -0.05) is 29.8 Å². The lowest BCUT2D eigenvalue weighted by atomic mass is 10.0. The number of carbonyl (C=O) groups excluding carboxylic acids is 1. The van der Waals surface area contributed by atoms with Gasteiger partial charge in [0.15, 0.2) is 0 Å². The fourth-order valence-electron chi connectivity index (χ4n) is 1.43. The van der Waals surface area contributed by atoms with Crippen molar-refractivity contribution in [1.82, 2.24) is 0 Å². The standard InChI is InChI=1S/C13H16BrFO/c1-9(2)3-5-12(16)8-10-7-11(15)4-6-13(10)14/h4,6-7,9H,3,5,8H2,1-2H3. The molecule has 16 heavy (non-hydrogen) atoms. The summed E-state index contributed by atoms with van der Waals surface area (Å²) in [6.45, 7) is 4.18. The number of hydrogen-bond donors (Lipinski definition) is 0. The summed E-state index contributed by atoms with van der Waals surface area (Å²) < 4.78 is 13.8. The topological polar surface area (TPSA) is 17.1 Å². The van der Waals surface area contributed by atoms with Crippen molar-refractivity contribution in [3.05, 3.63) is 34.1 Å². The molecule has 0 aromatic heterocycles. The maximum absolute atomic E-state index is 13.0. The van der Waals surface area contributed by atoms with Crippen molar-refractivity contribution in [3.8, 4) is 0 Å². The maximum Gasteiger partial charge on any atom is 0.137 e. The zero-order valence-corrected chi connectivity index (χ0v) is 11.2. The van der Waals surface area contributed by atoms with Crippen LogP contribution in [0.1, 0.15) is 32.3 Å². The zero-order chi connectivity index (χ0) is 12.1. The Morgan fingerprint density at radius 2 is 2.12 bits per heavy atom. The normalized spacial score (nSPS) is 10.8. The summed E-state index contributed by atoms with van der Waals surface area (Å²) in [4.78, 5) is 11.6. The highest BCUT2D eigenvalue weighted by molar-refractivity contribution is 9.10. The lowest BCUT2D eigenvalue weighted by Gasteiger charge is -2.06. The van der Waals surface area contributed by atoms with E-state index in [1.54, 1.807) is 6.07 Å². The van der Waals surface area contributed by atoms with E-state index in [2.05, 4.69) is 29.8 Å². The van der Waals surface area contributed by atoms with Crippen molar-refractivity contribution in [1.29, 1.82) is 0 Å². The van der Waals surface area contributed by atoms with Crippen molar-refractivity contribution in [2.75, 3.05) is 0 Å². The smallest absolute Gasteiger partial charge is 0.137 e. The van der Waals surface area contributed by atoms with E-state index in [0.717, 1.165) is 16.5 Å². The molecule has 0 radical (unpaired) electrons. The van der Waals surface area contributed by atoms with Crippen molar-refractivity contribution >= 4 is 21.7 Å². The lowest BCUT2D eigenvalue weighted by molar-refractivity contribution is -0.118. The highest BCUT2D eigenvalue weighted by Gasteiger charge is 2.08. The molecule has 0 unspecified atom stereocenters. The minimum Gasteiger partial charge on any atom is -0.299 e. The predicted molar refractivity (Wildman–Crippen MR) is 66.9 cm³/mol. The largest absolute Gasteiger partial charge is 0.299 e. The number of hydrogen-bond acceptors (Lipinski definition) is 1. The van der Waals surface area contributed by atoms with Gasteiger partial charge >= 0.3 is 0 Å². The maximum atomic E-state index is 13.0. The Morgan fingerprint density at radius 3 is 2.75 bits per heavy atom. The van der Waals surface area contributed by atoms with E-state index < -0.39 is 0 Å². The second-order valence-electron chi connectivity index (χ2n) is 4.38. The lowest BCUT2D eigenvalue weighted by Crippen LogP contribution is -2.05. The molecule has 0 heterocycles. The van der Waals surface area contributed by atoms with E-state index in [9.17, 15) is 9.18 Å². The van der Waals surface area contributed by atoms with Crippen LogP contribution in [0.3, 0.4) is 0 Å². The second-order valence-corrected chi connectivity index (χ2v) is 5.24. The van der Waals surface area contributed by atoms with Crippen LogP contribution in [0.25, 0.3) is 0 Å². The molecule has 1 aromatic rings. The van der Waals surface area contributed by atoms with Crippen LogP contribution in [0.5, 0.6) is 0 Å². The SMILES string of the molecule is CC(C)CCC(=O)Cc1cc(F)ccc1Br. The van der Waals surface area contributed by atoms with Gasteiger partial charge in [-0.25, -0.2) is 4.39 Å².